The van der Waals surface area contributed by atoms with Crippen molar-refractivity contribution in [3.05, 3.63) is 88.9 Å². The van der Waals surface area contributed by atoms with Crippen LogP contribution < -0.4 is 5.46 Å². The maximum atomic E-state index is 12.6. The lowest BCUT2D eigenvalue weighted by Gasteiger charge is -2.06. The van der Waals surface area contributed by atoms with Crippen LogP contribution in [0.25, 0.3) is 6.08 Å². The molecule has 8 heteroatoms. The fourth-order valence-corrected chi connectivity index (χ4v) is 2.65. The highest BCUT2D eigenvalue weighted by Crippen LogP contribution is 2.29. The molecule has 29 heavy (non-hydrogen) atoms. The normalized spacial score (nSPS) is 10.9. The summed E-state index contributed by atoms with van der Waals surface area (Å²) in [6.07, 6.45) is 0.737. The van der Waals surface area contributed by atoms with E-state index in [2.05, 4.69) is 4.98 Å². The quantitative estimate of drug-likeness (QED) is 0.574. The molecule has 0 saturated heterocycles. The number of nitriles is 1. The summed E-state index contributed by atoms with van der Waals surface area (Å²) in [6.45, 7) is 2.32. The van der Waals surface area contributed by atoms with Gasteiger partial charge in [0.15, 0.2) is 7.28 Å². The molecule has 1 heterocycles. The molecular formula is C21H18BClF3N3. The zero-order valence-electron chi connectivity index (χ0n) is 15.7. The smallest absolute Gasteiger partial charge is 0.321 e. The number of aromatic nitrogens is 2. The Morgan fingerprint density at radius 3 is 2.59 bits per heavy atom. The molecule has 0 atom stereocenters. The standard InChI is InChI=1S/C15H11BClF3.C6H7N3/c17-14-7-2-1-6-13(14)16-9-8-11-4-3-5-12(10-11)15(18,19)20;1-6-4-8-5-9(6)3-2-7/h1-10,16H;4-5H,3H2,1H3. The van der Waals surface area contributed by atoms with Crippen LogP contribution >= 0.6 is 11.6 Å². The number of benzene rings is 2. The van der Waals surface area contributed by atoms with Crippen molar-refractivity contribution >= 4 is 30.4 Å². The number of nitrogens with zero attached hydrogens (tertiary/aromatic N) is 3. The van der Waals surface area contributed by atoms with Crippen molar-refractivity contribution in [2.45, 2.75) is 19.6 Å². The van der Waals surface area contributed by atoms with E-state index < -0.39 is 11.7 Å². The van der Waals surface area contributed by atoms with E-state index in [9.17, 15) is 13.2 Å². The van der Waals surface area contributed by atoms with Crippen LogP contribution in [0, 0.1) is 18.3 Å². The SMILES string of the molecule is Cc1cncn1CC#N.FC(F)(F)c1cccc(C=CBc2ccccc2Cl)c1. The van der Waals surface area contributed by atoms with Gasteiger partial charge in [0.05, 0.1) is 18.0 Å². The van der Waals surface area contributed by atoms with Crippen LogP contribution in [0.5, 0.6) is 0 Å². The van der Waals surface area contributed by atoms with Gasteiger partial charge in [-0.2, -0.15) is 18.4 Å². The molecule has 0 spiro atoms. The number of rotatable bonds is 4. The molecule has 0 aliphatic rings. The molecule has 0 fully saturated rings. The largest absolute Gasteiger partial charge is 0.416 e. The molecule has 0 N–H and O–H groups in total. The summed E-state index contributed by atoms with van der Waals surface area (Å²) in [4.78, 5) is 3.85. The van der Waals surface area contributed by atoms with Gasteiger partial charge in [0, 0.05) is 16.9 Å². The highest BCUT2D eigenvalue weighted by Gasteiger charge is 2.30. The predicted molar refractivity (Wildman–Crippen MR) is 111 cm³/mol. The second-order valence-corrected chi connectivity index (χ2v) is 6.55. The van der Waals surface area contributed by atoms with Gasteiger partial charge in [0.25, 0.3) is 0 Å². The third kappa shape index (κ3) is 7.17. The lowest BCUT2D eigenvalue weighted by atomic mass is 9.70. The van der Waals surface area contributed by atoms with Gasteiger partial charge in [-0.05, 0) is 30.7 Å². The highest BCUT2D eigenvalue weighted by molar-refractivity contribution is 6.63. The molecule has 2 aromatic carbocycles. The first-order valence-electron chi connectivity index (χ1n) is 8.72. The Hall–Kier alpha value is -2.98. The van der Waals surface area contributed by atoms with Crippen LogP contribution in [-0.2, 0) is 12.7 Å². The monoisotopic (exact) mass is 415 g/mol. The Morgan fingerprint density at radius 1 is 1.21 bits per heavy atom. The molecule has 0 bridgehead atoms. The van der Waals surface area contributed by atoms with E-state index in [-0.39, 0.29) is 0 Å². The summed E-state index contributed by atoms with van der Waals surface area (Å²) in [6, 6.07) is 14.6. The van der Waals surface area contributed by atoms with Crippen molar-refractivity contribution in [3.8, 4) is 6.07 Å². The van der Waals surface area contributed by atoms with Crippen molar-refractivity contribution in [1.29, 1.82) is 5.26 Å². The average molecular weight is 416 g/mol. The summed E-state index contributed by atoms with van der Waals surface area (Å²) in [5.74, 6) is 1.80. The van der Waals surface area contributed by atoms with Crippen LogP contribution in [0.3, 0.4) is 0 Å². The molecule has 3 nitrogen and oxygen atoms in total. The molecule has 0 unspecified atom stereocenters. The van der Waals surface area contributed by atoms with Gasteiger partial charge >= 0.3 is 6.18 Å². The van der Waals surface area contributed by atoms with Gasteiger partial charge in [-0.3, -0.25) is 0 Å². The summed E-state index contributed by atoms with van der Waals surface area (Å²) < 4.78 is 39.5. The first-order valence-corrected chi connectivity index (χ1v) is 9.10. The van der Waals surface area contributed by atoms with Crippen LogP contribution in [0.15, 0.2) is 67.0 Å². The van der Waals surface area contributed by atoms with Crippen molar-refractivity contribution in [3.63, 3.8) is 0 Å². The molecule has 0 saturated carbocycles. The summed E-state index contributed by atoms with van der Waals surface area (Å²) in [5.41, 5.74) is 1.85. The number of aryl methyl sites for hydroxylation is 1. The third-order valence-corrected chi connectivity index (χ3v) is 4.35. The highest BCUT2D eigenvalue weighted by atomic mass is 35.5. The maximum Gasteiger partial charge on any atom is 0.416 e. The Kier molecular flexibility index (Phi) is 8.11. The predicted octanol–water partition coefficient (Wildman–Crippen LogP) is 4.81. The average Bonchev–Trinajstić information content (AvgIpc) is 3.09. The molecular weight excluding hydrogens is 398 g/mol. The fraction of sp³-hybridized carbons (Fsp3) is 0.143. The molecule has 0 radical (unpaired) electrons. The minimum atomic E-state index is -4.31. The van der Waals surface area contributed by atoms with Gasteiger partial charge < -0.3 is 4.57 Å². The number of imidazole rings is 1. The number of hydrogen-bond acceptors (Lipinski definition) is 2. The minimum Gasteiger partial charge on any atom is -0.321 e. The molecule has 0 amide bonds. The minimum absolute atomic E-state index is 0.395. The van der Waals surface area contributed by atoms with Crippen LogP contribution in [-0.4, -0.2) is 16.8 Å². The van der Waals surface area contributed by atoms with Gasteiger partial charge in [-0.15, -0.1) is 5.98 Å². The van der Waals surface area contributed by atoms with Crippen LogP contribution in [0.2, 0.25) is 5.02 Å². The Balaban J connectivity index is 0.000000278. The molecule has 148 valence electrons. The molecule has 0 aliphatic heterocycles. The van der Waals surface area contributed by atoms with E-state index in [0.29, 0.717) is 24.4 Å². The van der Waals surface area contributed by atoms with Crippen molar-refractivity contribution < 1.29 is 13.2 Å². The summed E-state index contributed by atoms with van der Waals surface area (Å²) in [7, 11) is 0.579. The van der Waals surface area contributed by atoms with E-state index in [1.165, 1.54) is 6.07 Å². The van der Waals surface area contributed by atoms with Gasteiger partial charge in [0.2, 0.25) is 0 Å². The van der Waals surface area contributed by atoms with E-state index in [0.717, 1.165) is 23.3 Å². The Morgan fingerprint density at radius 2 is 1.97 bits per heavy atom. The van der Waals surface area contributed by atoms with E-state index in [1.807, 2.05) is 31.2 Å². The van der Waals surface area contributed by atoms with Crippen molar-refractivity contribution in [2.24, 2.45) is 0 Å². The second kappa shape index (κ2) is 10.5. The summed E-state index contributed by atoms with van der Waals surface area (Å²) in [5, 5.41) is 8.92. The first-order chi connectivity index (χ1) is 13.8. The molecule has 3 rings (SSSR count). The van der Waals surface area contributed by atoms with E-state index in [4.69, 9.17) is 16.9 Å². The fourth-order valence-electron chi connectivity index (χ4n) is 2.43. The van der Waals surface area contributed by atoms with Crippen LogP contribution in [0.1, 0.15) is 16.8 Å². The molecule has 0 aliphatic carbocycles. The van der Waals surface area contributed by atoms with Crippen LogP contribution in [0.4, 0.5) is 13.2 Å². The summed E-state index contributed by atoms with van der Waals surface area (Å²) >= 11 is 6.01. The van der Waals surface area contributed by atoms with Crippen molar-refractivity contribution in [2.75, 3.05) is 0 Å². The van der Waals surface area contributed by atoms with Crippen molar-refractivity contribution in [1.82, 2.24) is 9.55 Å². The van der Waals surface area contributed by atoms with Gasteiger partial charge in [-0.1, -0.05) is 53.5 Å². The molecule has 3 aromatic rings. The lowest BCUT2D eigenvalue weighted by Crippen LogP contribution is -2.12. The Bertz CT molecular complexity index is 1010. The van der Waals surface area contributed by atoms with E-state index >= 15 is 0 Å². The number of hydrogen-bond donors (Lipinski definition) is 0. The number of halogens is 4. The maximum absolute atomic E-state index is 12.6. The number of alkyl halides is 3. The zero-order valence-corrected chi connectivity index (χ0v) is 16.5. The van der Waals surface area contributed by atoms with Gasteiger partial charge in [-0.25, -0.2) is 4.98 Å². The first kappa shape index (κ1) is 22.3. The Labute approximate surface area is 173 Å². The van der Waals surface area contributed by atoms with Gasteiger partial charge in [0.1, 0.15) is 6.54 Å². The zero-order chi connectivity index (χ0) is 21.3. The topological polar surface area (TPSA) is 41.6 Å². The second-order valence-electron chi connectivity index (χ2n) is 6.14. The lowest BCUT2D eigenvalue weighted by molar-refractivity contribution is -0.137. The third-order valence-electron chi connectivity index (χ3n) is 3.98. The van der Waals surface area contributed by atoms with E-state index in [1.54, 1.807) is 41.3 Å². The molecule has 1 aromatic heterocycles.